The van der Waals surface area contributed by atoms with Crippen molar-refractivity contribution in [3.05, 3.63) is 48.4 Å². The molecule has 1 fully saturated rings. The molecule has 150 valence electrons. The van der Waals surface area contributed by atoms with E-state index in [1.165, 1.54) is 6.26 Å². The number of nitrogens with zero attached hydrogens (tertiary/aromatic N) is 3. The first kappa shape index (κ1) is 18.7. The average molecular weight is 395 g/mol. The van der Waals surface area contributed by atoms with Gasteiger partial charge in [0.2, 0.25) is 11.9 Å². The zero-order chi connectivity index (χ0) is 20.2. The van der Waals surface area contributed by atoms with Crippen LogP contribution in [0, 0.1) is 5.92 Å². The van der Waals surface area contributed by atoms with Gasteiger partial charge in [0.25, 0.3) is 5.91 Å². The molecule has 29 heavy (non-hydrogen) atoms. The molecule has 0 unspecified atom stereocenters. The predicted octanol–water partition coefficient (Wildman–Crippen LogP) is 2.56. The highest BCUT2D eigenvalue weighted by atomic mass is 16.5. The van der Waals surface area contributed by atoms with Crippen molar-refractivity contribution in [3.8, 4) is 17.1 Å². The maximum absolute atomic E-state index is 12.7. The fourth-order valence-corrected chi connectivity index (χ4v) is 3.42. The number of aromatic amines is 1. The molecule has 0 radical (unpaired) electrons. The van der Waals surface area contributed by atoms with Gasteiger partial charge in [-0.15, -0.1) is 5.10 Å². The summed E-state index contributed by atoms with van der Waals surface area (Å²) in [4.78, 5) is 31.2. The van der Waals surface area contributed by atoms with Crippen LogP contribution in [0.4, 0.5) is 5.95 Å². The molecule has 0 aliphatic carbocycles. The number of hydrogen-bond donors (Lipinski definition) is 2. The lowest BCUT2D eigenvalue weighted by molar-refractivity contribution is -0.121. The van der Waals surface area contributed by atoms with E-state index in [0.29, 0.717) is 31.1 Å². The van der Waals surface area contributed by atoms with Crippen LogP contribution in [-0.2, 0) is 4.79 Å². The Morgan fingerprint density at radius 2 is 2.14 bits per heavy atom. The minimum Gasteiger partial charge on any atom is -0.496 e. The Bertz CT molecular complexity index is 998. The molecule has 2 amide bonds. The largest absolute Gasteiger partial charge is 0.496 e. The van der Waals surface area contributed by atoms with Gasteiger partial charge in [-0.1, -0.05) is 12.1 Å². The number of likely N-dealkylation sites (tertiary alicyclic amines) is 1. The molecule has 9 nitrogen and oxygen atoms in total. The molecule has 3 heterocycles. The Labute approximate surface area is 167 Å². The van der Waals surface area contributed by atoms with Gasteiger partial charge in [0.15, 0.2) is 11.6 Å². The maximum Gasteiger partial charge on any atom is 0.289 e. The van der Waals surface area contributed by atoms with Crippen LogP contribution in [0.15, 0.2) is 47.1 Å². The zero-order valence-corrected chi connectivity index (χ0v) is 15.9. The first-order valence-electron chi connectivity index (χ1n) is 9.35. The number of methoxy groups -OCH3 is 1. The summed E-state index contributed by atoms with van der Waals surface area (Å²) in [5.41, 5.74) is 0.746. The number of benzene rings is 1. The van der Waals surface area contributed by atoms with Crippen molar-refractivity contribution < 1.29 is 18.7 Å². The van der Waals surface area contributed by atoms with Crippen molar-refractivity contribution in [3.63, 3.8) is 0 Å². The van der Waals surface area contributed by atoms with Gasteiger partial charge in [-0.25, -0.2) is 0 Å². The third-order valence-electron chi connectivity index (χ3n) is 4.89. The van der Waals surface area contributed by atoms with E-state index in [1.54, 1.807) is 24.1 Å². The molecule has 0 spiro atoms. The van der Waals surface area contributed by atoms with Crippen molar-refractivity contribution in [1.29, 1.82) is 0 Å². The molecule has 1 saturated heterocycles. The van der Waals surface area contributed by atoms with Crippen LogP contribution in [0.1, 0.15) is 23.4 Å². The summed E-state index contributed by atoms with van der Waals surface area (Å²) in [6, 6.07) is 10.7. The lowest BCUT2D eigenvalue weighted by Gasteiger charge is -2.31. The zero-order valence-electron chi connectivity index (χ0n) is 15.9. The third-order valence-corrected chi connectivity index (χ3v) is 4.89. The molecule has 0 bridgehead atoms. The first-order valence-corrected chi connectivity index (χ1v) is 9.35. The molecule has 9 heteroatoms. The monoisotopic (exact) mass is 395 g/mol. The number of amides is 2. The van der Waals surface area contributed by atoms with Crippen LogP contribution in [0.5, 0.6) is 5.75 Å². The SMILES string of the molecule is COc1ccccc1-c1nc(NC(=O)[C@@H]2CCCN(C(=O)c3ccco3)C2)n[nH]1. The molecule has 1 aliphatic rings. The summed E-state index contributed by atoms with van der Waals surface area (Å²) in [6.07, 6.45) is 2.90. The van der Waals surface area contributed by atoms with E-state index < -0.39 is 0 Å². The summed E-state index contributed by atoms with van der Waals surface area (Å²) in [6.45, 7) is 0.928. The van der Waals surface area contributed by atoms with Gasteiger partial charge < -0.3 is 14.1 Å². The summed E-state index contributed by atoms with van der Waals surface area (Å²) < 4.78 is 10.5. The maximum atomic E-state index is 12.7. The van der Waals surface area contributed by atoms with Gasteiger partial charge in [0, 0.05) is 13.1 Å². The van der Waals surface area contributed by atoms with Crippen LogP contribution in [0.25, 0.3) is 11.4 Å². The number of carbonyl (C=O) groups is 2. The molecule has 1 aromatic carbocycles. The molecule has 0 saturated carbocycles. The Morgan fingerprint density at radius 3 is 2.93 bits per heavy atom. The Kier molecular flexibility index (Phi) is 5.28. The molecule has 1 aliphatic heterocycles. The molecule has 4 rings (SSSR count). The standard InChI is InChI=1S/C20H21N5O4/c1-28-15-8-3-2-7-14(15)17-21-20(24-23-17)22-18(26)13-6-4-10-25(12-13)19(27)16-9-5-11-29-16/h2-3,5,7-9,11,13H,4,6,10,12H2,1H3,(H2,21,22,23,24,26)/t13-/m1/s1. The quantitative estimate of drug-likeness (QED) is 0.686. The van der Waals surface area contributed by atoms with Crippen LogP contribution in [0.2, 0.25) is 0 Å². The number of furan rings is 1. The molecular weight excluding hydrogens is 374 g/mol. The number of piperidine rings is 1. The minimum atomic E-state index is -0.337. The normalized spacial score (nSPS) is 16.4. The number of ether oxygens (including phenoxy) is 1. The van der Waals surface area contributed by atoms with Crippen LogP contribution in [0.3, 0.4) is 0 Å². The van der Waals surface area contributed by atoms with Crippen molar-refractivity contribution >= 4 is 17.8 Å². The lowest BCUT2D eigenvalue weighted by Crippen LogP contribution is -2.43. The number of carbonyl (C=O) groups excluding carboxylic acids is 2. The van der Waals surface area contributed by atoms with Gasteiger partial charge in [-0.3, -0.25) is 20.0 Å². The Morgan fingerprint density at radius 1 is 1.28 bits per heavy atom. The van der Waals surface area contributed by atoms with E-state index in [9.17, 15) is 9.59 Å². The van der Waals surface area contributed by atoms with Gasteiger partial charge in [-0.05, 0) is 37.1 Å². The van der Waals surface area contributed by atoms with Crippen LogP contribution >= 0.6 is 0 Å². The number of rotatable bonds is 5. The smallest absolute Gasteiger partial charge is 0.289 e. The molecule has 1 atom stereocenters. The Balaban J connectivity index is 1.42. The second-order valence-electron chi connectivity index (χ2n) is 6.76. The highest BCUT2D eigenvalue weighted by Crippen LogP contribution is 2.27. The first-order chi connectivity index (χ1) is 14.2. The molecule has 2 aromatic heterocycles. The number of hydrogen-bond acceptors (Lipinski definition) is 6. The van der Waals surface area contributed by atoms with Gasteiger partial charge in [0.1, 0.15) is 5.75 Å². The van der Waals surface area contributed by atoms with Gasteiger partial charge in [0.05, 0.1) is 24.9 Å². The number of anilines is 1. The second kappa shape index (κ2) is 8.17. The van der Waals surface area contributed by atoms with E-state index in [1.807, 2.05) is 24.3 Å². The number of aromatic nitrogens is 3. The topological polar surface area (TPSA) is 113 Å². The van der Waals surface area contributed by atoms with Gasteiger partial charge >= 0.3 is 0 Å². The number of nitrogens with one attached hydrogen (secondary N) is 2. The number of para-hydroxylation sites is 1. The molecule has 3 aromatic rings. The van der Waals surface area contributed by atoms with Crippen molar-refractivity contribution in [2.75, 3.05) is 25.5 Å². The van der Waals surface area contributed by atoms with E-state index >= 15 is 0 Å². The van der Waals surface area contributed by atoms with Crippen molar-refractivity contribution in [1.82, 2.24) is 20.1 Å². The van der Waals surface area contributed by atoms with E-state index in [4.69, 9.17) is 9.15 Å². The van der Waals surface area contributed by atoms with Crippen molar-refractivity contribution in [2.45, 2.75) is 12.8 Å². The third kappa shape index (κ3) is 3.98. The fourth-order valence-electron chi connectivity index (χ4n) is 3.42. The molecular formula is C20H21N5O4. The molecule has 2 N–H and O–H groups in total. The van der Waals surface area contributed by atoms with Crippen LogP contribution < -0.4 is 10.1 Å². The summed E-state index contributed by atoms with van der Waals surface area (Å²) in [5, 5.41) is 9.64. The van der Waals surface area contributed by atoms with Crippen LogP contribution in [-0.4, -0.2) is 52.1 Å². The second-order valence-corrected chi connectivity index (χ2v) is 6.76. The fraction of sp³-hybridized carbons (Fsp3) is 0.300. The predicted molar refractivity (Wildman–Crippen MR) is 104 cm³/mol. The summed E-state index contributed by atoms with van der Waals surface area (Å²) in [7, 11) is 1.58. The van der Waals surface area contributed by atoms with Gasteiger partial charge in [-0.2, -0.15) is 4.98 Å². The Hall–Kier alpha value is -3.62. The highest BCUT2D eigenvalue weighted by Gasteiger charge is 2.30. The lowest BCUT2D eigenvalue weighted by atomic mass is 9.97. The summed E-state index contributed by atoms with van der Waals surface area (Å²) >= 11 is 0. The van der Waals surface area contributed by atoms with E-state index in [2.05, 4.69) is 20.5 Å². The van der Waals surface area contributed by atoms with E-state index in [0.717, 1.165) is 12.0 Å². The average Bonchev–Trinajstić information content (AvgIpc) is 3.45. The minimum absolute atomic E-state index is 0.186. The summed E-state index contributed by atoms with van der Waals surface area (Å²) in [5.74, 6) is 0.857. The van der Waals surface area contributed by atoms with E-state index in [-0.39, 0.29) is 29.4 Å². The highest BCUT2D eigenvalue weighted by molar-refractivity contribution is 5.94. The number of H-pyrrole nitrogens is 1. The van der Waals surface area contributed by atoms with Crippen molar-refractivity contribution in [2.24, 2.45) is 5.92 Å².